The van der Waals surface area contributed by atoms with Gasteiger partial charge in [0.25, 0.3) is 0 Å². The summed E-state index contributed by atoms with van der Waals surface area (Å²) >= 11 is 3.48. The molecule has 0 amide bonds. The van der Waals surface area contributed by atoms with Crippen molar-refractivity contribution < 1.29 is 4.74 Å². The maximum Gasteiger partial charge on any atom is 0.0583 e. The molecule has 0 heterocycles. The van der Waals surface area contributed by atoms with Gasteiger partial charge in [-0.05, 0) is 24.8 Å². The van der Waals surface area contributed by atoms with E-state index in [4.69, 9.17) is 4.74 Å². The van der Waals surface area contributed by atoms with Gasteiger partial charge in [-0.25, -0.2) is 0 Å². The first kappa shape index (κ1) is 13.7. The smallest absolute Gasteiger partial charge is 0.0583 e. The van der Waals surface area contributed by atoms with Crippen LogP contribution in [0.5, 0.6) is 0 Å². The Kier molecular flexibility index (Phi) is 7.52. The summed E-state index contributed by atoms with van der Waals surface area (Å²) < 4.78 is 5.90. The minimum atomic E-state index is 0.424. The van der Waals surface area contributed by atoms with Crippen LogP contribution < -0.4 is 0 Å². The molecule has 16 heavy (non-hydrogen) atoms. The summed E-state index contributed by atoms with van der Waals surface area (Å²) in [4.78, 5) is 0. The third-order valence-electron chi connectivity index (χ3n) is 2.63. The molecule has 1 aromatic carbocycles. The van der Waals surface area contributed by atoms with Crippen LogP contribution >= 0.6 is 15.9 Å². The van der Waals surface area contributed by atoms with Gasteiger partial charge in [0.2, 0.25) is 0 Å². The Bertz CT molecular complexity index is 255. The standard InChI is InChI=1S/C14H21BrO/c1-2-6-14(9-11-15)16-12-10-13-7-4-3-5-8-13/h3-5,7-8,14H,2,6,9-12H2,1H3. The summed E-state index contributed by atoms with van der Waals surface area (Å²) in [6.07, 6.45) is 4.92. The summed E-state index contributed by atoms with van der Waals surface area (Å²) in [6, 6.07) is 10.5. The number of hydrogen-bond donors (Lipinski definition) is 0. The van der Waals surface area contributed by atoms with Gasteiger partial charge in [0.15, 0.2) is 0 Å². The predicted molar refractivity (Wildman–Crippen MR) is 73.2 cm³/mol. The third-order valence-corrected chi connectivity index (χ3v) is 3.09. The van der Waals surface area contributed by atoms with E-state index in [0.29, 0.717) is 6.10 Å². The second-order valence-electron chi connectivity index (χ2n) is 3.99. The quantitative estimate of drug-likeness (QED) is 0.650. The number of halogens is 1. The second kappa shape index (κ2) is 8.77. The van der Waals surface area contributed by atoms with Crippen LogP contribution in [0.15, 0.2) is 30.3 Å². The van der Waals surface area contributed by atoms with Gasteiger partial charge in [0, 0.05) is 5.33 Å². The lowest BCUT2D eigenvalue weighted by atomic mass is 10.1. The van der Waals surface area contributed by atoms with Gasteiger partial charge in [-0.2, -0.15) is 0 Å². The highest BCUT2D eigenvalue weighted by molar-refractivity contribution is 9.09. The molecule has 0 aromatic heterocycles. The molecule has 0 spiro atoms. The monoisotopic (exact) mass is 284 g/mol. The molecule has 0 radical (unpaired) electrons. The molecular weight excluding hydrogens is 264 g/mol. The van der Waals surface area contributed by atoms with Crippen molar-refractivity contribution in [1.29, 1.82) is 0 Å². The van der Waals surface area contributed by atoms with Crippen molar-refractivity contribution in [3.05, 3.63) is 35.9 Å². The first-order valence-electron chi connectivity index (χ1n) is 6.08. The SMILES string of the molecule is CCCC(CCBr)OCCc1ccccc1. The largest absolute Gasteiger partial charge is 0.378 e. The minimum Gasteiger partial charge on any atom is -0.378 e. The van der Waals surface area contributed by atoms with Crippen LogP contribution in [-0.4, -0.2) is 18.0 Å². The molecule has 0 saturated carbocycles. The molecule has 90 valence electrons. The zero-order valence-corrected chi connectivity index (χ0v) is 11.6. The molecular formula is C14H21BrO. The van der Waals surface area contributed by atoms with Gasteiger partial charge in [-0.15, -0.1) is 0 Å². The zero-order valence-electron chi connectivity index (χ0n) is 9.99. The van der Waals surface area contributed by atoms with Crippen molar-refractivity contribution in [2.75, 3.05) is 11.9 Å². The number of rotatable bonds is 8. The highest BCUT2D eigenvalue weighted by Crippen LogP contribution is 2.10. The normalized spacial score (nSPS) is 12.6. The fraction of sp³-hybridized carbons (Fsp3) is 0.571. The fourth-order valence-electron chi connectivity index (χ4n) is 1.74. The lowest BCUT2D eigenvalue weighted by Gasteiger charge is -2.16. The molecule has 0 saturated heterocycles. The van der Waals surface area contributed by atoms with Crippen molar-refractivity contribution in [3.63, 3.8) is 0 Å². The lowest BCUT2D eigenvalue weighted by Crippen LogP contribution is -2.15. The average Bonchev–Trinajstić information content (AvgIpc) is 2.31. The lowest BCUT2D eigenvalue weighted by molar-refractivity contribution is 0.0475. The van der Waals surface area contributed by atoms with Crippen LogP contribution in [0.1, 0.15) is 31.7 Å². The molecule has 1 atom stereocenters. The van der Waals surface area contributed by atoms with Crippen molar-refractivity contribution in [2.24, 2.45) is 0 Å². The van der Waals surface area contributed by atoms with Crippen molar-refractivity contribution >= 4 is 15.9 Å². The molecule has 0 aliphatic carbocycles. The molecule has 0 aliphatic heterocycles. The Morgan fingerprint density at radius 1 is 1.19 bits per heavy atom. The Labute approximate surface area is 107 Å². The van der Waals surface area contributed by atoms with Crippen LogP contribution in [0.25, 0.3) is 0 Å². The molecule has 2 heteroatoms. The van der Waals surface area contributed by atoms with Gasteiger partial charge in [-0.3, -0.25) is 0 Å². The summed E-state index contributed by atoms with van der Waals surface area (Å²) in [7, 11) is 0. The van der Waals surface area contributed by atoms with Crippen LogP contribution in [0.2, 0.25) is 0 Å². The molecule has 1 nitrogen and oxygen atoms in total. The molecule has 0 bridgehead atoms. The van der Waals surface area contributed by atoms with Gasteiger partial charge in [-0.1, -0.05) is 59.6 Å². The van der Waals surface area contributed by atoms with Crippen molar-refractivity contribution in [2.45, 2.75) is 38.7 Å². The number of ether oxygens (including phenoxy) is 1. The minimum absolute atomic E-state index is 0.424. The second-order valence-corrected chi connectivity index (χ2v) is 4.79. The van der Waals surface area contributed by atoms with E-state index in [9.17, 15) is 0 Å². The maximum atomic E-state index is 5.90. The summed E-state index contributed by atoms with van der Waals surface area (Å²) in [5.74, 6) is 0. The van der Waals surface area contributed by atoms with E-state index in [2.05, 4.69) is 53.2 Å². The molecule has 1 aromatic rings. The summed E-state index contributed by atoms with van der Waals surface area (Å²) in [5, 5.41) is 1.03. The summed E-state index contributed by atoms with van der Waals surface area (Å²) in [5.41, 5.74) is 1.36. The Morgan fingerprint density at radius 3 is 2.56 bits per heavy atom. The number of hydrogen-bond acceptors (Lipinski definition) is 1. The molecule has 0 fully saturated rings. The van der Waals surface area contributed by atoms with Gasteiger partial charge < -0.3 is 4.74 Å². The fourth-order valence-corrected chi connectivity index (χ4v) is 2.25. The topological polar surface area (TPSA) is 9.23 Å². The van der Waals surface area contributed by atoms with Crippen LogP contribution in [-0.2, 0) is 11.2 Å². The van der Waals surface area contributed by atoms with Crippen LogP contribution in [0, 0.1) is 0 Å². The first-order valence-corrected chi connectivity index (χ1v) is 7.20. The molecule has 0 aliphatic rings. The Balaban J connectivity index is 2.22. The van der Waals surface area contributed by atoms with Crippen molar-refractivity contribution in [3.8, 4) is 0 Å². The average molecular weight is 285 g/mol. The van der Waals surface area contributed by atoms with E-state index in [1.807, 2.05) is 0 Å². The van der Waals surface area contributed by atoms with Gasteiger partial charge >= 0.3 is 0 Å². The molecule has 1 unspecified atom stereocenters. The van der Waals surface area contributed by atoms with E-state index >= 15 is 0 Å². The third kappa shape index (κ3) is 5.66. The highest BCUT2D eigenvalue weighted by Gasteiger charge is 2.06. The molecule has 1 rings (SSSR count). The highest BCUT2D eigenvalue weighted by atomic mass is 79.9. The van der Waals surface area contributed by atoms with Gasteiger partial charge in [0.05, 0.1) is 12.7 Å². The van der Waals surface area contributed by atoms with Crippen molar-refractivity contribution in [1.82, 2.24) is 0 Å². The number of alkyl halides is 1. The summed E-state index contributed by atoms with van der Waals surface area (Å²) in [6.45, 7) is 3.05. The Morgan fingerprint density at radius 2 is 1.94 bits per heavy atom. The Hall–Kier alpha value is -0.340. The van der Waals surface area contributed by atoms with Crippen LogP contribution in [0.3, 0.4) is 0 Å². The van der Waals surface area contributed by atoms with E-state index in [-0.39, 0.29) is 0 Å². The van der Waals surface area contributed by atoms with Gasteiger partial charge in [0.1, 0.15) is 0 Å². The van der Waals surface area contributed by atoms with E-state index < -0.39 is 0 Å². The van der Waals surface area contributed by atoms with E-state index in [0.717, 1.165) is 24.8 Å². The van der Waals surface area contributed by atoms with E-state index in [1.54, 1.807) is 0 Å². The zero-order chi connectivity index (χ0) is 11.6. The maximum absolute atomic E-state index is 5.90. The van der Waals surface area contributed by atoms with Crippen LogP contribution in [0.4, 0.5) is 0 Å². The molecule has 0 N–H and O–H groups in total. The predicted octanol–water partition coefficient (Wildman–Crippen LogP) is 4.20. The number of benzene rings is 1. The first-order chi connectivity index (χ1) is 7.86. The van der Waals surface area contributed by atoms with E-state index in [1.165, 1.54) is 18.4 Å².